The fourth-order valence-corrected chi connectivity index (χ4v) is 3.25. The third-order valence-corrected chi connectivity index (χ3v) is 4.76. The lowest BCUT2D eigenvalue weighted by Gasteiger charge is -2.33. The minimum absolute atomic E-state index is 0. The third kappa shape index (κ3) is 3.91. The molecule has 0 unspecified atom stereocenters. The zero-order valence-corrected chi connectivity index (χ0v) is 14.1. The van der Waals surface area contributed by atoms with Crippen molar-refractivity contribution < 1.29 is 4.79 Å². The monoisotopic (exact) mass is 330 g/mol. The topological polar surface area (TPSA) is 46.3 Å². The Bertz CT molecular complexity index is 473. The Kier molecular flexibility index (Phi) is 6.98. The van der Waals surface area contributed by atoms with Gasteiger partial charge in [-0.25, -0.2) is 0 Å². The van der Waals surface area contributed by atoms with Crippen LogP contribution in [-0.2, 0) is 11.3 Å². The summed E-state index contributed by atoms with van der Waals surface area (Å²) in [5.74, 6) is 0.194. The highest BCUT2D eigenvalue weighted by atomic mass is 35.5. The van der Waals surface area contributed by atoms with Gasteiger partial charge in [0.1, 0.15) is 0 Å². The zero-order valence-electron chi connectivity index (χ0n) is 12.5. The molecule has 3 nitrogen and oxygen atoms in total. The van der Waals surface area contributed by atoms with Crippen molar-refractivity contribution in [2.75, 3.05) is 13.1 Å². The van der Waals surface area contributed by atoms with Gasteiger partial charge in [-0.1, -0.05) is 42.6 Å². The second kappa shape index (κ2) is 8.02. The molecule has 1 fully saturated rings. The van der Waals surface area contributed by atoms with Crippen molar-refractivity contribution in [1.29, 1.82) is 0 Å². The van der Waals surface area contributed by atoms with E-state index in [0.717, 1.165) is 31.2 Å². The molecule has 1 amide bonds. The molecule has 1 aromatic rings. The lowest BCUT2D eigenvalue weighted by Crippen LogP contribution is -2.46. The van der Waals surface area contributed by atoms with E-state index in [1.165, 1.54) is 0 Å². The second-order valence-corrected chi connectivity index (χ2v) is 6.01. The van der Waals surface area contributed by atoms with E-state index >= 15 is 0 Å². The smallest absolute Gasteiger partial charge is 0.230 e. The van der Waals surface area contributed by atoms with Crippen molar-refractivity contribution in [2.24, 2.45) is 11.1 Å². The van der Waals surface area contributed by atoms with Gasteiger partial charge in [-0.15, -0.1) is 12.4 Å². The minimum atomic E-state index is -0.336. The molecule has 2 N–H and O–H groups in total. The van der Waals surface area contributed by atoms with Crippen molar-refractivity contribution in [1.82, 2.24) is 4.90 Å². The number of hydrogen-bond donors (Lipinski definition) is 1. The van der Waals surface area contributed by atoms with Crippen molar-refractivity contribution in [2.45, 2.75) is 39.2 Å². The lowest BCUT2D eigenvalue weighted by molar-refractivity contribution is -0.141. The maximum absolute atomic E-state index is 12.8. The Balaban J connectivity index is 0.00000220. The van der Waals surface area contributed by atoms with Crippen LogP contribution in [0, 0.1) is 5.41 Å². The normalized spacial score (nSPS) is 16.3. The maximum Gasteiger partial charge on any atom is 0.230 e. The largest absolute Gasteiger partial charge is 0.338 e. The zero-order chi connectivity index (χ0) is 14.6. The maximum atomic E-state index is 12.8. The molecule has 0 bridgehead atoms. The van der Waals surface area contributed by atoms with Gasteiger partial charge in [0.15, 0.2) is 0 Å². The van der Waals surface area contributed by atoms with Crippen LogP contribution in [0.5, 0.6) is 0 Å². The molecular weight excluding hydrogens is 307 g/mol. The van der Waals surface area contributed by atoms with Gasteiger partial charge in [-0.3, -0.25) is 4.79 Å². The fraction of sp³-hybridized carbons (Fsp3) is 0.562. The summed E-state index contributed by atoms with van der Waals surface area (Å²) < 4.78 is 0. The quantitative estimate of drug-likeness (QED) is 0.895. The Morgan fingerprint density at radius 2 is 1.95 bits per heavy atom. The standard InChI is InChI=1S/C16H23ClN2O.ClH/c1-2-19(11-13-7-3-4-8-14(13)17)15(20)16(12-18)9-5-6-10-16;/h3-4,7-8H,2,5-6,9-12,18H2,1H3;1H. The number of carbonyl (C=O) groups is 1. The molecule has 2 rings (SSSR count). The van der Waals surface area contributed by atoms with Crippen molar-refractivity contribution >= 4 is 29.9 Å². The van der Waals surface area contributed by atoms with Crippen molar-refractivity contribution in [3.63, 3.8) is 0 Å². The van der Waals surface area contributed by atoms with Crippen LogP contribution in [0.25, 0.3) is 0 Å². The number of rotatable bonds is 5. The Hall–Kier alpha value is -0.770. The second-order valence-electron chi connectivity index (χ2n) is 5.60. The fourth-order valence-electron chi connectivity index (χ4n) is 3.05. The van der Waals surface area contributed by atoms with Gasteiger partial charge in [-0.05, 0) is 31.4 Å². The molecule has 0 saturated heterocycles. The lowest BCUT2D eigenvalue weighted by atomic mass is 9.84. The van der Waals surface area contributed by atoms with E-state index in [-0.39, 0.29) is 23.7 Å². The Morgan fingerprint density at radius 3 is 2.48 bits per heavy atom. The predicted molar refractivity (Wildman–Crippen MR) is 89.7 cm³/mol. The number of hydrogen-bond acceptors (Lipinski definition) is 2. The van der Waals surface area contributed by atoms with E-state index in [0.29, 0.717) is 24.7 Å². The van der Waals surface area contributed by atoms with Gasteiger partial charge in [0.05, 0.1) is 5.41 Å². The van der Waals surface area contributed by atoms with E-state index in [9.17, 15) is 4.79 Å². The summed E-state index contributed by atoms with van der Waals surface area (Å²) in [7, 11) is 0. The van der Waals surface area contributed by atoms with Gasteiger partial charge in [0.2, 0.25) is 5.91 Å². The number of benzene rings is 1. The highest BCUT2D eigenvalue weighted by molar-refractivity contribution is 6.31. The van der Waals surface area contributed by atoms with Gasteiger partial charge in [-0.2, -0.15) is 0 Å². The van der Waals surface area contributed by atoms with Crippen LogP contribution in [0.4, 0.5) is 0 Å². The first-order valence-electron chi connectivity index (χ1n) is 7.36. The molecule has 1 saturated carbocycles. The molecule has 5 heteroatoms. The number of carbonyl (C=O) groups excluding carboxylic acids is 1. The highest BCUT2D eigenvalue weighted by Gasteiger charge is 2.41. The Labute approximate surface area is 138 Å². The predicted octanol–water partition coefficient (Wildman–Crippen LogP) is 3.63. The summed E-state index contributed by atoms with van der Waals surface area (Å²) in [6.45, 7) is 3.71. The molecule has 0 heterocycles. The molecule has 1 aromatic carbocycles. The van der Waals surface area contributed by atoms with Crippen LogP contribution in [0.2, 0.25) is 5.02 Å². The van der Waals surface area contributed by atoms with Crippen molar-refractivity contribution in [3.8, 4) is 0 Å². The number of nitrogens with two attached hydrogens (primary N) is 1. The minimum Gasteiger partial charge on any atom is -0.338 e. The number of halogens is 2. The van der Waals surface area contributed by atoms with Gasteiger partial charge >= 0.3 is 0 Å². The molecule has 0 spiro atoms. The highest BCUT2D eigenvalue weighted by Crippen LogP contribution is 2.39. The summed E-state index contributed by atoms with van der Waals surface area (Å²) >= 11 is 6.20. The van der Waals surface area contributed by atoms with Gasteiger partial charge < -0.3 is 10.6 Å². The summed E-state index contributed by atoms with van der Waals surface area (Å²) in [6.07, 6.45) is 4.04. The molecule has 0 atom stereocenters. The molecule has 21 heavy (non-hydrogen) atoms. The van der Waals surface area contributed by atoms with E-state index in [2.05, 4.69) is 0 Å². The first-order chi connectivity index (χ1) is 9.63. The van der Waals surface area contributed by atoms with Crippen LogP contribution >= 0.6 is 24.0 Å². The average Bonchev–Trinajstić information content (AvgIpc) is 2.96. The SMILES string of the molecule is CCN(Cc1ccccc1Cl)C(=O)C1(CN)CCCC1.Cl. The first-order valence-corrected chi connectivity index (χ1v) is 7.73. The molecule has 0 radical (unpaired) electrons. The van der Waals surface area contributed by atoms with E-state index in [1.54, 1.807) is 0 Å². The molecule has 118 valence electrons. The first kappa shape index (κ1) is 18.3. The summed E-state index contributed by atoms with van der Waals surface area (Å²) in [4.78, 5) is 14.7. The van der Waals surface area contributed by atoms with Crippen LogP contribution < -0.4 is 5.73 Å². The van der Waals surface area contributed by atoms with Gasteiger partial charge in [0.25, 0.3) is 0 Å². The third-order valence-electron chi connectivity index (χ3n) is 4.39. The summed E-state index contributed by atoms with van der Waals surface area (Å²) in [5, 5.41) is 0.715. The van der Waals surface area contributed by atoms with Crippen LogP contribution in [-0.4, -0.2) is 23.9 Å². The van der Waals surface area contributed by atoms with E-state index in [4.69, 9.17) is 17.3 Å². The average molecular weight is 331 g/mol. The van der Waals surface area contributed by atoms with E-state index in [1.807, 2.05) is 36.1 Å². The van der Waals surface area contributed by atoms with Crippen molar-refractivity contribution in [3.05, 3.63) is 34.9 Å². The molecule has 1 aliphatic rings. The van der Waals surface area contributed by atoms with Crippen LogP contribution in [0.3, 0.4) is 0 Å². The molecule has 1 aliphatic carbocycles. The molecular formula is C16H24Cl2N2O. The van der Waals surface area contributed by atoms with Crippen LogP contribution in [0.1, 0.15) is 38.2 Å². The molecule has 0 aromatic heterocycles. The number of nitrogens with zero attached hydrogens (tertiary/aromatic N) is 1. The molecule has 0 aliphatic heterocycles. The summed E-state index contributed by atoms with van der Waals surface area (Å²) in [6, 6.07) is 7.70. The van der Waals surface area contributed by atoms with E-state index < -0.39 is 0 Å². The van der Waals surface area contributed by atoms with Crippen LogP contribution in [0.15, 0.2) is 24.3 Å². The van der Waals surface area contributed by atoms with Gasteiger partial charge in [0, 0.05) is 24.7 Å². The Morgan fingerprint density at radius 1 is 1.33 bits per heavy atom. The number of amides is 1. The summed E-state index contributed by atoms with van der Waals surface area (Å²) in [5.41, 5.74) is 6.57.